The minimum Gasteiger partial charge on any atom is -0.294 e. The van der Waals surface area contributed by atoms with Crippen molar-refractivity contribution >= 4 is 43.7 Å². The number of rotatable bonds is 3. The van der Waals surface area contributed by atoms with E-state index in [1.165, 1.54) is 10.9 Å². The van der Waals surface area contributed by atoms with Crippen molar-refractivity contribution in [3.63, 3.8) is 0 Å². The molecule has 0 aliphatic carbocycles. The highest BCUT2D eigenvalue weighted by Crippen LogP contribution is 2.34. The molecule has 0 spiro atoms. The van der Waals surface area contributed by atoms with Crippen LogP contribution in [0.25, 0.3) is 71.8 Å². The van der Waals surface area contributed by atoms with E-state index in [4.69, 9.17) is 9.97 Å². The van der Waals surface area contributed by atoms with Gasteiger partial charge in [0.15, 0.2) is 0 Å². The van der Waals surface area contributed by atoms with Crippen molar-refractivity contribution < 1.29 is 0 Å². The van der Waals surface area contributed by atoms with Crippen molar-refractivity contribution in [1.29, 1.82) is 0 Å². The number of hydrogen-bond donors (Lipinski definition) is 0. The Hall–Kier alpha value is -5.35. The summed E-state index contributed by atoms with van der Waals surface area (Å²) >= 11 is 0. The van der Waals surface area contributed by atoms with E-state index in [9.17, 15) is 0 Å². The van der Waals surface area contributed by atoms with Gasteiger partial charge in [0.05, 0.1) is 22.2 Å². The smallest absolute Gasteiger partial charge is 0.145 e. The Labute approximate surface area is 224 Å². The van der Waals surface area contributed by atoms with Gasteiger partial charge in [-0.15, -0.1) is 0 Å². The third-order valence-electron chi connectivity index (χ3n) is 7.49. The second-order valence-corrected chi connectivity index (χ2v) is 9.76. The van der Waals surface area contributed by atoms with Crippen LogP contribution in [0.2, 0.25) is 0 Å². The van der Waals surface area contributed by atoms with Gasteiger partial charge in [0.1, 0.15) is 5.65 Å². The zero-order valence-corrected chi connectivity index (χ0v) is 21.0. The van der Waals surface area contributed by atoms with Gasteiger partial charge in [0.2, 0.25) is 0 Å². The molecule has 39 heavy (non-hydrogen) atoms. The van der Waals surface area contributed by atoms with Gasteiger partial charge >= 0.3 is 0 Å². The van der Waals surface area contributed by atoms with Crippen LogP contribution in [0.3, 0.4) is 0 Å². The number of nitrogens with zero attached hydrogens (tertiary/aromatic N) is 4. The van der Waals surface area contributed by atoms with Crippen LogP contribution in [0.1, 0.15) is 0 Å². The van der Waals surface area contributed by atoms with Crippen molar-refractivity contribution in [1.82, 2.24) is 19.5 Å². The number of para-hydroxylation sites is 1. The van der Waals surface area contributed by atoms with E-state index >= 15 is 0 Å². The van der Waals surface area contributed by atoms with Gasteiger partial charge in [-0.3, -0.25) is 9.55 Å². The van der Waals surface area contributed by atoms with Crippen LogP contribution in [0.4, 0.5) is 0 Å². The van der Waals surface area contributed by atoms with Crippen LogP contribution in [-0.2, 0) is 0 Å². The zero-order chi connectivity index (χ0) is 25.8. The van der Waals surface area contributed by atoms with Gasteiger partial charge in [-0.2, -0.15) is 0 Å². The Morgan fingerprint density at radius 2 is 1.21 bits per heavy atom. The van der Waals surface area contributed by atoms with Crippen LogP contribution in [0.15, 0.2) is 134 Å². The normalized spacial score (nSPS) is 11.6. The summed E-state index contributed by atoms with van der Waals surface area (Å²) in [6.07, 6.45) is 3.69. The Balaban J connectivity index is 1.22. The first-order valence-electron chi connectivity index (χ1n) is 13.0. The highest BCUT2D eigenvalue weighted by molar-refractivity contribution is 6.09. The first kappa shape index (κ1) is 21.7. The molecule has 4 heteroatoms. The summed E-state index contributed by atoms with van der Waals surface area (Å²) in [5, 5.41) is 4.54. The van der Waals surface area contributed by atoms with Crippen molar-refractivity contribution in [2.45, 2.75) is 0 Å². The van der Waals surface area contributed by atoms with Crippen LogP contribution in [0.5, 0.6) is 0 Å². The lowest BCUT2D eigenvalue weighted by Gasteiger charge is -2.08. The molecule has 4 heterocycles. The first-order chi connectivity index (χ1) is 19.3. The molecule has 0 saturated carbocycles. The molecule has 0 N–H and O–H groups in total. The Morgan fingerprint density at radius 3 is 2.08 bits per heavy atom. The quantitative estimate of drug-likeness (QED) is 0.229. The Morgan fingerprint density at radius 1 is 0.487 bits per heavy atom. The number of aromatic nitrogens is 4. The molecular formula is C35H22N4. The maximum absolute atomic E-state index is 5.01. The molecule has 0 radical (unpaired) electrons. The lowest BCUT2D eigenvalue weighted by Crippen LogP contribution is -1.94. The predicted octanol–water partition coefficient (Wildman–Crippen LogP) is 8.61. The molecule has 0 atom stereocenters. The van der Waals surface area contributed by atoms with Gasteiger partial charge in [0, 0.05) is 45.2 Å². The second-order valence-electron chi connectivity index (χ2n) is 9.76. The molecule has 0 aliphatic rings. The van der Waals surface area contributed by atoms with Gasteiger partial charge in [-0.25, -0.2) is 9.97 Å². The van der Waals surface area contributed by atoms with Crippen LogP contribution in [0, 0.1) is 0 Å². The van der Waals surface area contributed by atoms with Crippen LogP contribution >= 0.6 is 0 Å². The fraction of sp³-hybridized carbons (Fsp3) is 0. The van der Waals surface area contributed by atoms with Crippen LogP contribution in [-0.4, -0.2) is 19.5 Å². The topological polar surface area (TPSA) is 43.6 Å². The molecule has 8 aromatic rings. The fourth-order valence-corrected chi connectivity index (χ4v) is 5.58. The maximum Gasteiger partial charge on any atom is 0.145 e. The highest BCUT2D eigenvalue weighted by atomic mass is 15.0. The van der Waals surface area contributed by atoms with E-state index < -0.39 is 0 Å². The summed E-state index contributed by atoms with van der Waals surface area (Å²) in [5.41, 5.74) is 9.46. The molecule has 4 nitrogen and oxygen atoms in total. The molecule has 4 aromatic carbocycles. The average molecular weight is 499 g/mol. The lowest BCUT2D eigenvalue weighted by atomic mass is 10.0. The van der Waals surface area contributed by atoms with Crippen molar-refractivity contribution in [2.75, 3.05) is 0 Å². The molecular weight excluding hydrogens is 476 g/mol. The zero-order valence-electron chi connectivity index (χ0n) is 21.0. The standard InChI is InChI=1S/C35H22N4/c1-2-7-28(8-3-1)39-32-19-17-27(22-30(32)29-9-5-21-37-35(29)39)23-10-12-24(13-11-23)31-18-16-26-15-14-25-6-4-20-36-33(25)34(26)38-31/h1-22H. The molecule has 0 unspecified atom stereocenters. The SMILES string of the molecule is c1ccc(-n2c3ccc(-c4ccc(-c5ccc6ccc7cccnc7c6n5)cc4)cc3c3cccnc32)cc1. The van der Waals surface area contributed by atoms with Crippen molar-refractivity contribution in [2.24, 2.45) is 0 Å². The Kier molecular flexibility index (Phi) is 4.79. The molecule has 0 amide bonds. The third-order valence-corrected chi connectivity index (χ3v) is 7.49. The lowest BCUT2D eigenvalue weighted by molar-refractivity contribution is 1.14. The first-order valence-corrected chi connectivity index (χ1v) is 13.0. The fourth-order valence-electron chi connectivity index (χ4n) is 5.58. The van der Waals surface area contributed by atoms with Gasteiger partial charge in [-0.1, -0.05) is 72.8 Å². The summed E-state index contributed by atoms with van der Waals surface area (Å²) in [7, 11) is 0. The number of hydrogen-bond acceptors (Lipinski definition) is 3. The van der Waals surface area contributed by atoms with E-state index in [2.05, 4.69) is 113 Å². The van der Waals surface area contributed by atoms with Gasteiger partial charge < -0.3 is 0 Å². The van der Waals surface area contributed by atoms with Gasteiger partial charge in [0.25, 0.3) is 0 Å². The highest BCUT2D eigenvalue weighted by Gasteiger charge is 2.14. The molecule has 182 valence electrons. The molecule has 0 bridgehead atoms. The van der Waals surface area contributed by atoms with Gasteiger partial charge in [-0.05, 0) is 59.7 Å². The van der Waals surface area contributed by atoms with Crippen molar-refractivity contribution in [3.8, 4) is 28.1 Å². The van der Waals surface area contributed by atoms with E-state index in [1.54, 1.807) is 0 Å². The Bertz CT molecular complexity index is 2160. The number of benzene rings is 4. The largest absolute Gasteiger partial charge is 0.294 e. The van der Waals surface area contributed by atoms with Crippen molar-refractivity contribution in [3.05, 3.63) is 134 Å². The number of pyridine rings is 3. The minimum absolute atomic E-state index is 0.934. The van der Waals surface area contributed by atoms with E-state index in [0.29, 0.717) is 0 Å². The summed E-state index contributed by atoms with van der Waals surface area (Å²) in [6.45, 7) is 0. The maximum atomic E-state index is 5.01. The summed E-state index contributed by atoms with van der Waals surface area (Å²) in [4.78, 5) is 14.3. The second kappa shape index (κ2) is 8.61. The molecule has 8 rings (SSSR count). The number of fused-ring (bicyclic) bond motifs is 6. The predicted molar refractivity (Wildman–Crippen MR) is 160 cm³/mol. The summed E-state index contributed by atoms with van der Waals surface area (Å²) < 4.78 is 2.24. The summed E-state index contributed by atoms with van der Waals surface area (Å²) in [5.74, 6) is 0. The summed E-state index contributed by atoms with van der Waals surface area (Å²) in [6, 6.07) is 42.4. The monoisotopic (exact) mass is 498 g/mol. The van der Waals surface area contributed by atoms with E-state index in [1.807, 2.05) is 30.6 Å². The molecule has 0 saturated heterocycles. The van der Waals surface area contributed by atoms with E-state index in [0.717, 1.165) is 60.9 Å². The molecule has 4 aromatic heterocycles. The molecule has 0 aliphatic heterocycles. The van der Waals surface area contributed by atoms with Crippen LogP contribution < -0.4 is 0 Å². The van der Waals surface area contributed by atoms with E-state index in [-0.39, 0.29) is 0 Å². The average Bonchev–Trinajstić information content (AvgIpc) is 3.35. The minimum atomic E-state index is 0.934. The molecule has 0 fully saturated rings. The third kappa shape index (κ3) is 3.50.